The normalized spacial score (nSPS) is 24.8. The molecule has 0 aromatic rings. The predicted molar refractivity (Wildman–Crippen MR) is 46.5 cm³/mol. The van der Waals surface area contributed by atoms with E-state index in [1.165, 1.54) is 6.26 Å². The van der Waals surface area contributed by atoms with Crippen LogP contribution < -0.4 is 5.32 Å². The van der Waals surface area contributed by atoms with Crippen molar-refractivity contribution in [1.82, 2.24) is 5.32 Å². The molecule has 12 heavy (non-hydrogen) atoms. The van der Waals surface area contributed by atoms with Crippen LogP contribution in [0.4, 0.5) is 0 Å². The van der Waals surface area contributed by atoms with Crippen molar-refractivity contribution in [3.8, 4) is 0 Å². The molecule has 1 fully saturated rings. The second-order valence-electron chi connectivity index (χ2n) is 3.00. The molecule has 0 radical (unpaired) electrons. The molecule has 1 saturated heterocycles. The Balaban J connectivity index is 2.84. The minimum atomic E-state index is -1.28. The minimum Gasteiger partial charge on any atom is -0.480 e. The highest BCUT2D eigenvalue weighted by Gasteiger charge is 2.43. The number of carbonyl (C=O) groups is 1. The van der Waals surface area contributed by atoms with Crippen molar-refractivity contribution in [2.75, 3.05) is 19.3 Å². The molecule has 1 heterocycles. The molecule has 5 heteroatoms. The third kappa shape index (κ3) is 1.51. The molecule has 1 aliphatic heterocycles. The molecular formula is C7H13NO3S. The molecule has 0 bridgehead atoms. The van der Waals surface area contributed by atoms with Crippen LogP contribution >= 0.6 is 0 Å². The Bertz CT molecular complexity index is 195. The van der Waals surface area contributed by atoms with Gasteiger partial charge in [0.2, 0.25) is 0 Å². The Morgan fingerprint density at radius 1 is 1.50 bits per heavy atom. The summed E-state index contributed by atoms with van der Waals surface area (Å²) in [6.07, 6.45) is 2.40. The van der Waals surface area contributed by atoms with E-state index >= 15 is 0 Å². The smallest absolute Gasteiger partial charge is 0.322 e. The number of aliphatic carboxylic acids is 1. The van der Waals surface area contributed by atoms with E-state index in [4.69, 9.17) is 5.11 Å². The summed E-state index contributed by atoms with van der Waals surface area (Å²) in [5.74, 6) is -0.926. The quantitative estimate of drug-likeness (QED) is 0.621. The second kappa shape index (κ2) is 3.53. The van der Waals surface area contributed by atoms with Crippen LogP contribution in [0.25, 0.3) is 0 Å². The summed E-state index contributed by atoms with van der Waals surface area (Å²) in [5, 5.41) is 12.0. The minimum absolute atomic E-state index is 0.464. The lowest BCUT2D eigenvalue weighted by Gasteiger charge is -2.31. The molecule has 0 aromatic heterocycles. The van der Waals surface area contributed by atoms with Crippen molar-refractivity contribution in [2.24, 2.45) is 0 Å². The third-order valence-electron chi connectivity index (χ3n) is 2.35. The maximum absolute atomic E-state index is 11.3. The van der Waals surface area contributed by atoms with E-state index in [-0.39, 0.29) is 0 Å². The second-order valence-corrected chi connectivity index (χ2v) is 4.69. The zero-order valence-electron chi connectivity index (χ0n) is 7.00. The van der Waals surface area contributed by atoms with E-state index in [2.05, 4.69) is 5.32 Å². The maximum Gasteiger partial charge on any atom is 0.322 e. The lowest BCUT2D eigenvalue weighted by Crippen LogP contribution is -2.50. The fraction of sp³-hybridized carbons (Fsp3) is 0.857. The summed E-state index contributed by atoms with van der Waals surface area (Å²) in [6, 6.07) is 0. The van der Waals surface area contributed by atoms with Gasteiger partial charge in [-0.15, -0.1) is 0 Å². The van der Waals surface area contributed by atoms with Gasteiger partial charge >= 0.3 is 5.97 Å². The molecule has 2 N–H and O–H groups in total. The first kappa shape index (κ1) is 9.67. The third-order valence-corrected chi connectivity index (χ3v) is 4.03. The van der Waals surface area contributed by atoms with Crippen molar-refractivity contribution in [2.45, 2.75) is 17.6 Å². The first-order chi connectivity index (χ1) is 5.59. The number of hydrogen-bond donors (Lipinski definition) is 2. The van der Waals surface area contributed by atoms with Crippen LogP contribution in [-0.2, 0) is 15.6 Å². The van der Waals surface area contributed by atoms with Crippen LogP contribution in [0.2, 0.25) is 0 Å². The van der Waals surface area contributed by atoms with Gasteiger partial charge in [0, 0.05) is 17.1 Å². The predicted octanol–water partition coefficient (Wildman–Crippen LogP) is -0.428. The molecule has 0 saturated carbocycles. The van der Waals surface area contributed by atoms with Crippen LogP contribution in [-0.4, -0.2) is 39.4 Å². The Labute approximate surface area is 73.8 Å². The summed E-state index contributed by atoms with van der Waals surface area (Å²) < 4.78 is 10.3. The van der Waals surface area contributed by atoms with Crippen LogP contribution in [0.15, 0.2) is 0 Å². The molecule has 0 aliphatic carbocycles. The van der Waals surface area contributed by atoms with Crippen molar-refractivity contribution >= 4 is 16.8 Å². The zero-order valence-corrected chi connectivity index (χ0v) is 7.82. The fourth-order valence-corrected chi connectivity index (χ4v) is 2.48. The summed E-state index contributed by atoms with van der Waals surface area (Å²) >= 11 is 0. The molecule has 1 aliphatic rings. The Hall–Kier alpha value is -0.420. The summed E-state index contributed by atoms with van der Waals surface area (Å²) in [5.41, 5.74) is 0. The maximum atomic E-state index is 11.3. The zero-order chi connectivity index (χ0) is 9.19. The molecule has 1 atom stereocenters. The molecule has 0 spiro atoms. The number of carboxylic acid groups (broad SMARTS) is 1. The van der Waals surface area contributed by atoms with Gasteiger partial charge in [0.05, 0.1) is 0 Å². The monoisotopic (exact) mass is 191 g/mol. The lowest BCUT2D eigenvalue weighted by atomic mass is 9.97. The summed E-state index contributed by atoms with van der Waals surface area (Å²) in [6.45, 7) is 1.29. The number of rotatable bonds is 2. The van der Waals surface area contributed by atoms with Gasteiger partial charge in [0.1, 0.15) is 4.75 Å². The molecule has 0 amide bonds. The SMILES string of the molecule is CS(=O)C1(C(=O)O)CCNCC1. The van der Waals surface area contributed by atoms with E-state index < -0.39 is 21.5 Å². The van der Waals surface area contributed by atoms with Gasteiger partial charge < -0.3 is 10.4 Å². The standard InChI is InChI=1S/C7H13NO3S/c1-12(11)7(6(9)10)2-4-8-5-3-7/h8H,2-5H2,1H3,(H,9,10). The van der Waals surface area contributed by atoms with E-state index in [0.29, 0.717) is 25.9 Å². The summed E-state index contributed by atoms with van der Waals surface area (Å²) in [7, 11) is -1.28. The largest absolute Gasteiger partial charge is 0.480 e. The van der Waals surface area contributed by atoms with Crippen LogP contribution in [0.1, 0.15) is 12.8 Å². The van der Waals surface area contributed by atoms with Crippen LogP contribution in [0, 0.1) is 0 Å². The number of hydrogen-bond acceptors (Lipinski definition) is 3. The van der Waals surface area contributed by atoms with Gasteiger partial charge in [0.25, 0.3) is 0 Å². The molecule has 4 nitrogen and oxygen atoms in total. The average Bonchev–Trinajstić information content (AvgIpc) is 2.05. The Morgan fingerprint density at radius 2 is 2.00 bits per heavy atom. The summed E-state index contributed by atoms with van der Waals surface area (Å²) in [4.78, 5) is 10.9. The topological polar surface area (TPSA) is 66.4 Å². The molecule has 0 aromatic carbocycles. The van der Waals surface area contributed by atoms with E-state index in [9.17, 15) is 9.00 Å². The van der Waals surface area contributed by atoms with Crippen LogP contribution in [0.5, 0.6) is 0 Å². The van der Waals surface area contributed by atoms with E-state index in [0.717, 1.165) is 0 Å². The van der Waals surface area contributed by atoms with Crippen molar-refractivity contribution in [3.63, 3.8) is 0 Å². The first-order valence-corrected chi connectivity index (χ1v) is 5.43. The number of piperidine rings is 1. The highest BCUT2D eigenvalue weighted by atomic mass is 32.2. The van der Waals surface area contributed by atoms with Gasteiger partial charge in [-0.1, -0.05) is 0 Å². The Kier molecular flexibility index (Phi) is 2.85. The Morgan fingerprint density at radius 3 is 2.25 bits per heavy atom. The van der Waals surface area contributed by atoms with E-state index in [1.807, 2.05) is 0 Å². The molecule has 70 valence electrons. The van der Waals surface area contributed by atoms with Crippen molar-refractivity contribution < 1.29 is 14.1 Å². The first-order valence-electron chi connectivity index (χ1n) is 3.87. The van der Waals surface area contributed by atoms with Gasteiger partial charge in [-0.2, -0.15) is 0 Å². The number of carboxylic acids is 1. The highest BCUT2D eigenvalue weighted by Crippen LogP contribution is 2.24. The molecule has 1 unspecified atom stereocenters. The average molecular weight is 191 g/mol. The fourth-order valence-electron chi connectivity index (χ4n) is 1.45. The van der Waals surface area contributed by atoms with Gasteiger partial charge in [-0.25, -0.2) is 0 Å². The van der Waals surface area contributed by atoms with Crippen molar-refractivity contribution in [3.05, 3.63) is 0 Å². The van der Waals surface area contributed by atoms with Crippen molar-refractivity contribution in [1.29, 1.82) is 0 Å². The number of nitrogens with one attached hydrogen (secondary N) is 1. The van der Waals surface area contributed by atoms with Gasteiger partial charge in [-0.3, -0.25) is 9.00 Å². The van der Waals surface area contributed by atoms with Crippen LogP contribution in [0.3, 0.4) is 0 Å². The molecular weight excluding hydrogens is 178 g/mol. The van der Waals surface area contributed by atoms with E-state index in [1.54, 1.807) is 0 Å². The highest BCUT2D eigenvalue weighted by molar-refractivity contribution is 7.86. The van der Waals surface area contributed by atoms with Gasteiger partial charge in [-0.05, 0) is 25.9 Å². The lowest BCUT2D eigenvalue weighted by molar-refractivity contribution is -0.140. The van der Waals surface area contributed by atoms with Gasteiger partial charge in [0.15, 0.2) is 0 Å². The molecule has 1 rings (SSSR count).